The van der Waals surface area contributed by atoms with Crippen LogP contribution in [0.4, 0.5) is 35.4 Å². The van der Waals surface area contributed by atoms with Crippen LogP contribution in [0.1, 0.15) is 109 Å². The van der Waals surface area contributed by atoms with E-state index in [1.807, 2.05) is 41.5 Å². The molecule has 1 aliphatic heterocycles. The number of halogens is 3. The number of rotatable bonds is 13. The number of esters is 1. The molecule has 0 aliphatic carbocycles. The van der Waals surface area contributed by atoms with Gasteiger partial charge in [0.05, 0.1) is 12.3 Å². The molecule has 0 bridgehead atoms. The minimum atomic E-state index is -5.72. The van der Waals surface area contributed by atoms with Crippen LogP contribution >= 0.6 is 11.3 Å². The van der Waals surface area contributed by atoms with Gasteiger partial charge in [-0.15, -0.1) is 20.4 Å². The molecule has 0 saturated heterocycles. The molecule has 0 radical (unpaired) electrons. The number of alkyl halides is 3. The van der Waals surface area contributed by atoms with Gasteiger partial charge >= 0.3 is 21.5 Å². The van der Waals surface area contributed by atoms with Crippen LogP contribution in [0, 0.1) is 0 Å². The van der Waals surface area contributed by atoms with E-state index < -0.39 is 21.5 Å². The summed E-state index contributed by atoms with van der Waals surface area (Å²) >= 11 is 0.801. The molecule has 0 saturated carbocycles. The van der Waals surface area contributed by atoms with Crippen molar-refractivity contribution < 1.29 is 31.1 Å². The van der Waals surface area contributed by atoms with Gasteiger partial charge in [-0.05, 0) is 49.8 Å². The summed E-state index contributed by atoms with van der Waals surface area (Å²) in [4.78, 5) is 14.2. The van der Waals surface area contributed by atoms with Crippen LogP contribution in [0.15, 0.2) is 22.4 Å². The first-order valence-electron chi connectivity index (χ1n) is 15.0. The summed E-state index contributed by atoms with van der Waals surface area (Å²) < 4.78 is 70.5. The number of hydrogen-bond donors (Lipinski definition) is 1. The van der Waals surface area contributed by atoms with Crippen LogP contribution in [0.2, 0.25) is 0 Å². The van der Waals surface area contributed by atoms with Crippen molar-refractivity contribution in [2.24, 2.45) is 10.2 Å². The third-order valence-electron chi connectivity index (χ3n) is 6.28. The maximum Gasteiger partial charge on any atom is 0.516 e. The molecule has 1 atom stereocenters. The Kier molecular flexibility index (Phi) is 16.7. The quantitative estimate of drug-likeness (QED) is 0.130. The van der Waals surface area contributed by atoms with Gasteiger partial charge in [-0.25, -0.2) is 4.79 Å². The van der Waals surface area contributed by atoms with Crippen LogP contribution in [0.25, 0.3) is 0 Å². The van der Waals surface area contributed by atoms with E-state index in [1.54, 1.807) is 10.8 Å². The first-order valence-corrected chi connectivity index (χ1v) is 17.3. The van der Waals surface area contributed by atoms with E-state index in [1.165, 1.54) is 6.07 Å². The molecule has 1 N–H and O–H groups in total. The number of aryl methyl sites for hydroxylation is 1. The molecular formula is C28H45F3N6O4S2. The largest absolute Gasteiger partial charge is 0.516 e. The second-order valence-electron chi connectivity index (χ2n) is 9.13. The molecule has 1 unspecified atom stereocenters. The second kappa shape index (κ2) is 18.8. The fraction of sp³-hybridized carbons (Fsp3) is 0.679. The van der Waals surface area contributed by atoms with Crippen molar-refractivity contribution in [2.75, 3.05) is 22.8 Å². The number of anilines is 2. The first-order chi connectivity index (χ1) is 20.5. The number of sulfonamides is 1. The van der Waals surface area contributed by atoms with Gasteiger partial charge in [0.2, 0.25) is 5.01 Å². The Morgan fingerprint density at radius 2 is 1.74 bits per heavy atom. The third-order valence-corrected chi connectivity index (χ3v) is 8.17. The Hall–Kier alpha value is -2.81. The Bertz CT molecular complexity index is 1270. The minimum Gasteiger partial charge on any atom is -0.460 e. The molecule has 1 aliphatic rings. The third kappa shape index (κ3) is 11.0. The topological polar surface area (TPSA) is 126 Å². The Labute approximate surface area is 257 Å². The average molecular weight is 651 g/mol. The first kappa shape index (κ1) is 38.2. The van der Waals surface area contributed by atoms with Crippen molar-refractivity contribution >= 4 is 49.5 Å². The van der Waals surface area contributed by atoms with E-state index in [9.17, 15) is 26.4 Å². The van der Waals surface area contributed by atoms with Crippen LogP contribution < -0.4 is 9.62 Å². The number of fused-ring (bicyclic) bond motifs is 1. The molecule has 1 aromatic heterocycles. The Morgan fingerprint density at radius 1 is 1.07 bits per heavy atom. The summed E-state index contributed by atoms with van der Waals surface area (Å²) in [5.74, 6) is -0.663. The summed E-state index contributed by atoms with van der Waals surface area (Å²) in [5, 5.41) is 15.3. The van der Waals surface area contributed by atoms with Crippen LogP contribution in [-0.4, -0.2) is 49.3 Å². The lowest BCUT2D eigenvalue weighted by atomic mass is 9.93. The van der Waals surface area contributed by atoms with Crippen molar-refractivity contribution in [1.29, 1.82) is 0 Å². The van der Waals surface area contributed by atoms with Gasteiger partial charge in [-0.2, -0.15) is 21.6 Å². The lowest BCUT2D eigenvalue weighted by Gasteiger charge is -2.39. The molecule has 15 heteroatoms. The number of carbonyl (C=O) groups is 1. The van der Waals surface area contributed by atoms with Gasteiger partial charge < -0.3 is 9.64 Å². The molecule has 0 fully saturated rings. The predicted octanol–water partition coefficient (Wildman–Crippen LogP) is 8.95. The molecule has 10 nitrogen and oxygen atoms in total. The maximum absolute atomic E-state index is 13.3. The number of ether oxygens (including phenoxy) is 1. The minimum absolute atomic E-state index is 0.0352. The van der Waals surface area contributed by atoms with Crippen molar-refractivity contribution in [3.8, 4) is 0 Å². The number of aromatic nitrogens is 2. The number of nitrogens with zero attached hydrogens (tertiary/aromatic N) is 5. The molecule has 0 spiro atoms. The van der Waals surface area contributed by atoms with Crippen molar-refractivity contribution in [3.05, 3.63) is 22.7 Å². The van der Waals surface area contributed by atoms with Crippen molar-refractivity contribution in [1.82, 2.24) is 10.2 Å². The Morgan fingerprint density at radius 3 is 2.35 bits per heavy atom. The standard InChI is InChI=1S/C24H33F3N6O4S2.2C2H6/c1-4-7-9-12-33-17(6-3)11-10-16-14-18(19(15-20(16)33)32-39(35,36)24(25,26)27)28-30-23-31-29-21(38-23)22(34)37-13-8-5-2;2*1-2/h14-15,17,32H,4-13H2,1-3H3;2*1-2H3. The highest BCUT2D eigenvalue weighted by Crippen LogP contribution is 2.41. The molecule has 2 aromatic rings. The molecule has 43 heavy (non-hydrogen) atoms. The Balaban J connectivity index is 0.00000221. The fourth-order valence-corrected chi connectivity index (χ4v) is 5.32. The smallest absolute Gasteiger partial charge is 0.460 e. The van der Waals surface area contributed by atoms with E-state index in [-0.39, 0.29) is 34.2 Å². The number of unbranched alkanes of at least 4 members (excludes halogenated alkanes) is 3. The van der Waals surface area contributed by atoms with E-state index in [0.717, 1.165) is 55.4 Å². The zero-order valence-electron chi connectivity index (χ0n) is 26.1. The normalized spacial score (nSPS) is 14.7. The number of benzene rings is 1. The monoisotopic (exact) mass is 650 g/mol. The maximum atomic E-state index is 13.3. The summed E-state index contributed by atoms with van der Waals surface area (Å²) in [6.07, 6.45) is 6.80. The fourth-order valence-electron chi connectivity index (χ4n) is 4.20. The van der Waals surface area contributed by atoms with E-state index in [0.29, 0.717) is 25.1 Å². The zero-order chi connectivity index (χ0) is 32.6. The summed E-state index contributed by atoms with van der Waals surface area (Å²) in [6.45, 7) is 15.0. The molecule has 1 aromatic carbocycles. The molecule has 244 valence electrons. The molecule has 3 rings (SSSR count). The van der Waals surface area contributed by atoms with Crippen molar-refractivity contribution in [2.45, 2.75) is 111 Å². The highest BCUT2D eigenvalue weighted by Gasteiger charge is 2.46. The highest BCUT2D eigenvalue weighted by molar-refractivity contribution is 7.93. The van der Waals surface area contributed by atoms with Crippen molar-refractivity contribution in [3.63, 3.8) is 0 Å². The average Bonchev–Trinajstić information content (AvgIpc) is 3.47. The number of carbonyl (C=O) groups excluding carboxylic acids is 1. The summed E-state index contributed by atoms with van der Waals surface area (Å²) in [5.41, 5.74) is -4.47. The van der Waals surface area contributed by atoms with E-state index >= 15 is 0 Å². The van der Waals surface area contributed by atoms with Crippen LogP contribution in [0.3, 0.4) is 0 Å². The molecule has 0 amide bonds. The number of azo groups is 1. The van der Waals surface area contributed by atoms with Gasteiger partial charge in [0.25, 0.3) is 5.13 Å². The summed E-state index contributed by atoms with van der Waals surface area (Å²) in [7, 11) is -5.72. The van der Waals surface area contributed by atoms with Crippen LogP contribution in [0.5, 0.6) is 0 Å². The lowest BCUT2D eigenvalue weighted by Crippen LogP contribution is -2.39. The number of nitrogens with one attached hydrogen (secondary N) is 1. The molecular weight excluding hydrogens is 605 g/mol. The summed E-state index contributed by atoms with van der Waals surface area (Å²) in [6, 6.07) is 3.13. The van der Waals surface area contributed by atoms with E-state index in [2.05, 4.69) is 32.2 Å². The van der Waals surface area contributed by atoms with Gasteiger partial charge in [-0.3, -0.25) is 4.72 Å². The van der Waals surface area contributed by atoms with E-state index in [4.69, 9.17) is 4.74 Å². The van der Waals surface area contributed by atoms with Gasteiger partial charge in [0.15, 0.2) is 0 Å². The zero-order valence-corrected chi connectivity index (χ0v) is 27.8. The van der Waals surface area contributed by atoms with Gasteiger partial charge in [-0.1, -0.05) is 79.1 Å². The second-order valence-corrected chi connectivity index (χ2v) is 11.8. The lowest BCUT2D eigenvalue weighted by molar-refractivity contribution is -0.0429. The van der Waals surface area contributed by atoms with Crippen LogP contribution in [-0.2, 0) is 21.2 Å². The SMILES string of the molecule is CC.CC.CCCCCN1c2cc(NS(=O)(=O)C(F)(F)F)c(N=Nc3nnc(C(=O)OCCCC)s3)cc2CCC1CC. The predicted molar refractivity (Wildman–Crippen MR) is 166 cm³/mol. The highest BCUT2D eigenvalue weighted by atomic mass is 32.2. The van der Waals surface area contributed by atoms with Gasteiger partial charge in [0.1, 0.15) is 5.69 Å². The van der Waals surface area contributed by atoms with Gasteiger partial charge in [0, 0.05) is 18.3 Å². The number of hydrogen-bond acceptors (Lipinski definition) is 10. The molecule has 2 heterocycles.